The van der Waals surface area contributed by atoms with Crippen molar-refractivity contribution in [2.24, 2.45) is 5.73 Å². The number of carbonyl (C=O) groups is 1. The molecule has 9 heavy (non-hydrogen) atoms. The highest BCUT2D eigenvalue weighted by molar-refractivity contribution is 9.10. The number of halogens is 1. The van der Waals surface area contributed by atoms with E-state index in [2.05, 4.69) is 21.7 Å². The van der Waals surface area contributed by atoms with Gasteiger partial charge in [0, 0.05) is 0 Å². The first-order chi connectivity index (χ1) is 4.06. The van der Waals surface area contributed by atoms with Crippen LogP contribution in [0.5, 0.6) is 0 Å². The molecule has 0 aliphatic carbocycles. The molecule has 1 amide bonds. The van der Waals surface area contributed by atoms with Crippen LogP contribution in [0, 0.1) is 22.7 Å². The molecule has 0 aromatic heterocycles. The quantitative estimate of drug-likeness (QED) is 0.570. The number of nitrogens with two attached hydrogens (primary N) is 1. The highest BCUT2D eigenvalue weighted by Gasteiger charge is 2.33. The van der Waals surface area contributed by atoms with Crippen LogP contribution in [0.1, 0.15) is 0 Å². The van der Waals surface area contributed by atoms with Crippen LogP contribution >= 0.6 is 15.9 Å². The number of nitrogens with zero attached hydrogens (tertiary/aromatic N) is 2. The van der Waals surface area contributed by atoms with Gasteiger partial charge in [0.2, 0.25) is 0 Å². The van der Waals surface area contributed by atoms with Crippen molar-refractivity contribution in [3.05, 3.63) is 0 Å². The summed E-state index contributed by atoms with van der Waals surface area (Å²) in [5, 5.41) is 16.3. The predicted octanol–water partition coefficient (Wildman–Crippen LogP) is -0.347. The monoisotopic (exact) mass is 187 g/mol. The maximum atomic E-state index is 10.2. The predicted molar refractivity (Wildman–Crippen MR) is 32.1 cm³/mol. The van der Waals surface area contributed by atoms with Crippen LogP contribution in [0.2, 0.25) is 0 Å². The molecule has 4 nitrogen and oxygen atoms in total. The van der Waals surface area contributed by atoms with Crippen LogP contribution in [-0.2, 0) is 4.79 Å². The summed E-state index contributed by atoms with van der Waals surface area (Å²) in [6.45, 7) is 0. The molecule has 0 fully saturated rings. The summed E-state index contributed by atoms with van der Waals surface area (Å²) >= 11 is 2.55. The second-order valence-corrected chi connectivity index (χ2v) is 2.44. The summed E-state index contributed by atoms with van der Waals surface area (Å²) in [6.07, 6.45) is 0. The van der Waals surface area contributed by atoms with E-state index in [1.807, 2.05) is 0 Å². The zero-order chi connectivity index (χ0) is 7.49. The topological polar surface area (TPSA) is 90.7 Å². The van der Waals surface area contributed by atoms with Gasteiger partial charge in [-0.25, -0.2) is 0 Å². The zero-order valence-electron chi connectivity index (χ0n) is 4.26. The van der Waals surface area contributed by atoms with Crippen LogP contribution in [0.4, 0.5) is 0 Å². The standard InChI is InChI=1S/C4H2BrN3O/c5-4(1-6,2-7)3(8)9/h(H2,8,9). The van der Waals surface area contributed by atoms with Gasteiger partial charge < -0.3 is 5.73 Å². The number of nitriles is 2. The van der Waals surface area contributed by atoms with Crippen molar-refractivity contribution in [1.29, 1.82) is 10.5 Å². The first-order valence-electron chi connectivity index (χ1n) is 1.88. The van der Waals surface area contributed by atoms with E-state index < -0.39 is 10.2 Å². The van der Waals surface area contributed by atoms with Crippen molar-refractivity contribution < 1.29 is 4.79 Å². The van der Waals surface area contributed by atoms with Crippen molar-refractivity contribution in [2.75, 3.05) is 0 Å². The molecule has 0 aromatic rings. The molecular formula is C4H2BrN3O. The van der Waals surface area contributed by atoms with Gasteiger partial charge in [0.15, 0.2) is 0 Å². The minimum atomic E-state index is -1.85. The largest absolute Gasteiger partial charge is 0.367 e. The molecule has 0 aliphatic heterocycles. The summed E-state index contributed by atoms with van der Waals surface area (Å²) in [4.78, 5) is 10.2. The van der Waals surface area contributed by atoms with Gasteiger partial charge in [-0.1, -0.05) is 0 Å². The number of amides is 1. The van der Waals surface area contributed by atoms with E-state index in [0.29, 0.717) is 0 Å². The van der Waals surface area contributed by atoms with Gasteiger partial charge in [-0.15, -0.1) is 0 Å². The Labute approximate surface area is 60.0 Å². The molecule has 0 saturated carbocycles. The number of alkyl halides is 1. The van der Waals surface area contributed by atoms with Crippen LogP contribution < -0.4 is 5.73 Å². The fourth-order valence-corrected chi connectivity index (χ4v) is 0.135. The second kappa shape index (κ2) is 2.47. The molecule has 0 atom stereocenters. The molecule has 0 aromatic carbocycles. The summed E-state index contributed by atoms with van der Waals surface area (Å²) in [5.41, 5.74) is 4.66. The first kappa shape index (κ1) is 7.93. The van der Waals surface area contributed by atoms with Crippen LogP contribution in [0.25, 0.3) is 0 Å². The number of rotatable bonds is 1. The molecular weight excluding hydrogens is 186 g/mol. The Bertz CT molecular complexity index is 197. The van der Waals surface area contributed by atoms with Crippen molar-refractivity contribution in [3.8, 4) is 12.1 Å². The molecule has 0 radical (unpaired) electrons. The Kier molecular flexibility index (Phi) is 2.18. The maximum Gasteiger partial charge on any atom is 0.274 e. The molecule has 0 bridgehead atoms. The molecule has 0 rings (SSSR count). The van der Waals surface area contributed by atoms with E-state index in [4.69, 9.17) is 10.5 Å². The van der Waals surface area contributed by atoms with E-state index >= 15 is 0 Å². The molecule has 5 heteroatoms. The summed E-state index contributed by atoms with van der Waals surface area (Å²) in [7, 11) is 0. The van der Waals surface area contributed by atoms with Crippen molar-refractivity contribution in [3.63, 3.8) is 0 Å². The Morgan fingerprint density at radius 3 is 1.89 bits per heavy atom. The lowest BCUT2D eigenvalue weighted by Gasteiger charge is -2.00. The fourth-order valence-electron chi connectivity index (χ4n) is 0.135. The summed E-state index contributed by atoms with van der Waals surface area (Å²) in [5.74, 6) is -0.993. The van der Waals surface area contributed by atoms with Gasteiger partial charge in [0.25, 0.3) is 10.2 Å². The number of carbonyl (C=O) groups excluding carboxylic acids is 1. The fraction of sp³-hybridized carbons (Fsp3) is 0.250. The average molecular weight is 188 g/mol. The minimum Gasteiger partial charge on any atom is -0.367 e. The number of hydrogen-bond acceptors (Lipinski definition) is 3. The van der Waals surface area contributed by atoms with E-state index in [-0.39, 0.29) is 0 Å². The molecule has 0 unspecified atom stereocenters. The average Bonchev–Trinajstić information content (AvgIpc) is 1.86. The smallest absolute Gasteiger partial charge is 0.274 e. The number of hydrogen-bond donors (Lipinski definition) is 1. The molecule has 0 heterocycles. The Morgan fingerprint density at radius 1 is 1.56 bits per heavy atom. The lowest BCUT2D eigenvalue weighted by molar-refractivity contribution is -0.117. The van der Waals surface area contributed by atoms with Crippen molar-refractivity contribution in [2.45, 2.75) is 4.32 Å². The summed E-state index contributed by atoms with van der Waals surface area (Å²) in [6, 6.07) is 2.82. The van der Waals surface area contributed by atoms with E-state index in [0.717, 1.165) is 0 Å². The zero-order valence-corrected chi connectivity index (χ0v) is 5.84. The van der Waals surface area contributed by atoms with E-state index in [1.54, 1.807) is 0 Å². The van der Waals surface area contributed by atoms with Crippen molar-refractivity contribution >= 4 is 21.8 Å². The third kappa shape index (κ3) is 1.41. The Balaban J connectivity index is 4.60. The van der Waals surface area contributed by atoms with Gasteiger partial charge in [0.1, 0.15) is 12.1 Å². The Morgan fingerprint density at radius 2 is 1.89 bits per heavy atom. The van der Waals surface area contributed by atoms with E-state index in [1.165, 1.54) is 12.1 Å². The van der Waals surface area contributed by atoms with Gasteiger partial charge in [-0.3, -0.25) is 4.79 Å². The minimum absolute atomic E-state index is 0.993. The van der Waals surface area contributed by atoms with Crippen LogP contribution in [-0.4, -0.2) is 10.2 Å². The Hall–Kier alpha value is -1.07. The first-order valence-corrected chi connectivity index (χ1v) is 2.67. The third-order valence-electron chi connectivity index (χ3n) is 0.648. The molecule has 46 valence electrons. The highest BCUT2D eigenvalue weighted by atomic mass is 79.9. The van der Waals surface area contributed by atoms with Crippen LogP contribution in [0.15, 0.2) is 0 Å². The molecule has 0 spiro atoms. The van der Waals surface area contributed by atoms with Gasteiger partial charge in [0.05, 0.1) is 0 Å². The van der Waals surface area contributed by atoms with E-state index in [9.17, 15) is 4.79 Å². The lowest BCUT2D eigenvalue weighted by Crippen LogP contribution is -2.34. The normalized spacial score (nSPS) is 9.22. The van der Waals surface area contributed by atoms with Crippen molar-refractivity contribution in [1.82, 2.24) is 0 Å². The molecule has 0 saturated heterocycles. The third-order valence-corrected chi connectivity index (χ3v) is 1.39. The van der Waals surface area contributed by atoms with Gasteiger partial charge >= 0.3 is 0 Å². The number of primary amides is 1. The SMILES string of the molecule is N#CC(Br)(C#N)C(N)=O. The van der Waals surface area contributed by atoms with Gasteiger partial charge in [-0.05, 0) is 15.9 Å². The molecule has 0 aliphatic rings. The highest BCUT2D eigenvalue weighted by Crippen LogP contribution is 2.13. The second-order valence-electron chi connectivity index (χ2n) is 1.25. The lowest BCUT2D eigenvalue weighted by atomic mass is 10.2. The van der Waals surface area contributed by atoms with Crippen LogP contribution in [0.3, 0.4) is 0 Å². The summed E-state index contributed by atoms with van der Waals surface area (Å²) < 4.78 is -1.85. The molecule has 2 N–H and O–H groups in total. The maximum absolute atomic E-state index is 10.2. The van der Waals surface area contributed by atoms with Gasteiger partial charge in [-0.2, -0.15) is 10.5 Å².